The molecule has 5 heteroatoms. The van der Waals surface area contributed by atoms with Crippen molar-refractivity contribution in [3.05, 3.63) is 45.7 Å². The lowest BCUT2D eigenvalue weighted by atomic mass is 10.1. The molecule has 86 valence electrons. The van der Waals surface area contributed by atoms with Gasteiger partial charge in [0.15, 0.2) is 5.69 Å². The van der Waals surface area contributed by atoms with E-state index in [-0.39, 0.29) is 5.69 Å². The zero-order valence-corrected chi connectivity index (χ0v) is 11.0. The number of nitrogen functional groups attached to an aromatic ring is 1. The number of carbonyl (C=O) groups excluding carboxylic acids is 1. The van der Waals surface area contributed by atoms with Gasteiger partial charge in [0.25, 0.3) is 5.91 Å². The molecule has 17 heavy (non-hydrogen) atoms. The quantitative estimate of drug-likeness (QED) is 0.822. The highest BCUT2D eigenvalue weighted by molar-refractivity contribution is 14.1. The average molecular weight is 339 g/mol. The molecule has 1 aromatic carbocycles. The maximum atomic E-state index is 11.2. The topological polar surface area (TPSA) is 82.0 Å². The van der Waals surface area contributed by atoms with Gasteiger partial charge in [-0.25, -0.2) is 4.98 Å². The van der Waals surface area contributed by atoms with E-state index in [1.54, 1.807) is 12.1 Å². The third-order valence-corrected chi connectivity index (χ3v) is 2.95. The zero-order valence-electron chi connectivity index (χ0n) is 8.85. The monoisotopic (exact) mass is 339 g/mol. The fourth-order valence-electron chi connectivity index (χ4n) is 1.48. The van der Waals surface area contributed by atoms with E-state index < -0.39 is 5.91 Å². The summed E-state index contributed by atoms with van der Waals surface area (Å²) in [6.07, 6.45) is 0. The first-order chi connectivity index (χ1) is 8.08. The number of nitrogens with zero attached hydrogens (tertiary/aromatic N) is 1. The minimum Gasteiger partial charge on any atom is -0.397 e. The van der Waals surface area contributed by atoms with Crippen molar-refractivity contribution >= 4 is 34.2 Å². The Morgan fingerprint density at radius 2 is 2.00 bits per heavy atom. The Labute approximate surface area is 112 Å². The van der Waals surface area contributed by atoms with Crippen LogP contribution in [0.4, 0.5) is 5.69 Å². The van der Waals surface area contributed by atoms with E-state index in [0.29, 0.717) is 11.4 Å². The number of nitrogens with two attached hydrogens (primary N) is 2. The Kier molecular flexibility index (Phi) is 3.28. The molecule has 0 radical (unpaired) electrons. The van der Waals surface area contributed by atoms with Crippen LogP contribution >= 0.6 is 22.6 Å². The van der Waals surface area contributed by atoms with Gasteiger partial charge in [-0.15, -0.1) is 0 Å². The van der Waals surface area contributed by atoms with Gasteiger partial charge >= 0.3 is 0 Å². The van der Waals surface area contributed by atoms with Gasteiger partial charge in [0.05, 0.1) is 11.4 Å². The molecule has 0 unspecified atom stereocenters. The highest BCUT2D eigenvalue weighted by atomic mass is 127. The molecule has 4 nitrogen and oxygen atoms in total. The van der Waals surface area contributed by atoms with Crippen molar-refractivity contribution in [2.24, 2.45) is 5.73 Å². The van der Waals surface area contributed by atoms with Gasteiger partial charge in [0.1, 0.15) is 0 Å². The highest BCUT2D eigenvalue weighted by Crippen LogP contribution is 2.21. The Bertz CT molecular complexity index is 584. The lowest BCUT2D eigenvalue weighted by Gasteiger charge is -2.05. The number of amides is 1. The molecular formula is C12H10IN3O. The van der Waals surface area contributed by atoms with Crippen LogP contribution in [-0.4, -0.2) is 10.9 Å². The molecule has 0 fully saturated rings. The predicted octanol–water partition coefficient (Wildman–Crippen LogP) is 2.03. The first-order valence-corrected chi connectivity index (χ1v) is 5.98. The molecule has 0 bridgehead atoms. The number of primary amides is 1. The molecule has 1 heterocycles. The second-order valence-electron chi connectivity index (χ2n) is 3.51. The highest BCUT2D eigenvalue weighted by Gasteiger charge is 2.09. The van der Waals surface area contributed by atoms with E-state index in [9.17, 15) is 4.79 Å². The molecular weight excluding hydrogens is 329 g/mol. The van der Waals surface area contributed by atoms with Crippen molar-refractivity contribution in [2.45, 2.75) is 0 Å². The van der Waals surface area contributed by atoms with Gasteiger partial charge < -0.3 is 11.5 Å². The maximum absolute atomic E-state index is 11.2. The maximum Gasteiger partial charge on any atom is 0.269 e. The Hall–Kier alpha value is -1.63. The number of hydrogen-bond acceptors (Lipinski definition) is 3. The summed E-state index contributed by atoms with van der Waals surface area (Å²) in [6.45, 7) is 0. The normalized spacial score (nSPS) is 10.2. The lowest BCUT2D eigenvalue weighted by Crippen LogP contribution is -2.15. The number of benzene rings is 1. The van der Waals surface area contributed by atoms with E-state index in [0.717, 1.165) is 9.13 Å². The van der Waals surface area contributed by atoms with Crippen LogP contribution in [0.1, 0.15) is 10.5 Å². The number of carbonyl (C=O) groups is 1. The molecule has 0 aliphatic rings. The van der Waals surface area contributed by atoms with Gasteiger partial charge in [-0.05, 0) is 46.9 Å². The van der Waals surface area contributed by atoms with Crippen LogP contribution in [0.2, 0.25) is 0 Å². The average Bonchev–Trinajstić information content (AvgIpc) is 2.29. The van der Waals surface area contributed by atoms with E-state index in [2.05, 4.69) is 27.6 Å². The Morgan fingerprint density at radius 1 is 1.24 bits per heavy atom. The fourth-order valence-corrected chi connectivity index (χ4v) is 2.02. The molecule has 0 atom stereocenters. The Morgan fingerprint density at radius 3 is 2.65 bits per heavy atom. The number of rotatable bonds is 2. The van der Waals surface area contributed by atoms with Crippen molar-refractivity contribution in [1.29, 1.82) is 0 Å². The molecule has 1 amide bonds. The summed E-state index contributed by atoms with van der Waals surface area (Å²) < 4.78 is 1.10. The largest absolute Gasteiger partial charge is 0.397 e. The third-order valence-electron chi connectivity index (χ3n) is 2.28. The molecule has 2 rings (SSSR count). The van der Waals surface area contributed by atoms with E-state index in [1.807, 2.05) is 24.3 Å². The number of aromatic nitrogens is 1. The van der Waals surface area contributed by atoms with Crippen LogP contribution in [0.5, 0.6) is 0 Å². The summed E-state index contributed by atoms with van der Waals surface area (Å²) in [4.78, 5) is 15.3. The lowest BCUT2D eigenvalue weighted by molar-refractivity contribution is 0.0996. The molecule has 0 saturated heterocycles. The predicted molar refractivity (Wildman–Crippen MR) is 75.3 cm³/mol. The SMILES string of the molecule is NC(=O)c1nc(-c2cccc(I)c2)ccc1N. The van der Waals surface area contributed by atoms with Gasteiger partial charge in [-0.2, -0.15) is 0 Å². The number of halogens is 1. The minimum absolute atomic E-state index is 0.112. The fraction of sp³-hybridized carbons (Fsp3) is 0. The second-order valence-corrected chi connectivity index (χ2v) is 4.75. The van der Waals surface area contributed by atoms with Crippen LogP contribution < -0.4 is 11.5 Å². The number of hydrogen-bond donors (Lipinski definition) is 2. The zero-order chi connectivity index (χ0) is 12.4. The van der Waals surface area contributed by atoms with Gasteiger partial charge in [0, 0.05) is 9.13 Å². The summed E-state index contributed by atoms with van der Waals surface area (Å²) in [6, 6.07) is 11.2. The van der Waals surface area contributed by atoms with E-state index in [1.165, 1.54) is 0 Å². The van der Waals surface area contributed by atoms with Crippen LogP contribution in [0.15, 0.2) is 36.4 Å². The van der Waals surface area contributed by atoms with E-state index in [4.69, 9.17) is 11.5 Å². The molecule has 2 aromatic rings. The summed E-state index contributed by atoms with van der Waals surface area (Å²) in [5.74, 6) is -0.616. The van der Waals surface area contributed by atoms with Crippen molar-refractivity contribution in [3.63, 3.8) is 0 Å². The first-order valence-electron chi connectivity index (χ1n) is 4.90. The summed E-state index contributed by atoms with van der Waals surface area (Å²) in [5, 5.41) is 0. The van der Waals surface area contributed by atoms with E-state index >= 15 is 0 Å². The molecule has 0 spiro atoms. The van der Waals surface area contributed by atoms with Crippen LogP contribution in [0, 0.1) is 3.57 Å². The molecule has 0 aliphatic heterocycles. The standard InChI is InChI=1S/C12H10IN3O/c13-8-3-1-2-7(6-8)10-5-4-9(14)11(16-10)12(15)17/h1-6H,14H2,(H2,15,17). The number of pyridine rings is 1. The summed E-state index contributed by atoms with van der Waals surface area (Å²) >= 11 is 2.22. The molecule has 0 saturated carbocycles. The number of anilines is 1. The van der Waals surface area contributed by atoms with Crippen LogP contribution in [-0.2, 0) is 0 Å². The van der Waals surface area contributed by atoms with Gasteiger partial charge in [0.2, 0.25) is 0 Å². The Balaban J connectivity index is 2.54. The van der Waals surface area contributed by atoms with Crippen molar-refractivity contribution in [1.82, 2.24) is 4.98 Å². The van der Waals surface area contributed by atoms with Crippen LogP contribution in [0.3, 0.4) is 0 Å². The molecule has 4 N–H and O–H groups in total. The smallest absolute Gasteiger partial charge is 0.269 e. The molecule has 0 aliphatic carbocycles. The molecule has 1 aromatic heterocycles. The third kappa shape index (κ3) is 2.55. The second kappa shape index (κ2) is 4.70. The van der Waals surface area contributed by atoms with Crippen molar-refractivity contribution in [3.8, 4) is 11.3 Å². The van der Waals surface area contributed by atoms with Crippen LogP contribution in [0.25, 0.3) is 11.3 Å². The summed E-state index contributed by atoms with van der Waals surface area (Å²) in [7, 11) is 0. The minimum atomic E-state index is -0.616. The van der Waals surface area contributed by atoms with Gasteiger partial charge in [-0.1, -0.05) is 12.1 Å². The first kappa shape index (κ1) is 11.8. The van der Waals surface area contributed by atoms with Crippen molar-refractivity contribution in [2.75, 3.05) is 5.73 Å². The summed E-state index contributed by atoms with van der Waals surface area (Å²) in [5.41, 5.74) is 12.9. The van der Waals surface area contributed by atoms with Crippen molar-refractivity contribution < 1.29 is 4.79 Å². The van der Waals surface area contributed by atoms with Gasteiger partial charge in [-0.3, -0.25) is 4.79 Å².